The Bertz CT molecular complexity index is 954. The molecule has 0 aliphatic heterocycles. The van der Waals surface area contributed by atoms with Gasteiger partial charge in [-0.15, -0.1) is 0 Å². The van der Waals surface area contributed by atoms with Gasteiger partial charge < -0.3 is 15.2 Å². The van der Waals surface area contributed by atoms with Crippen LogP contribution in [0.25, 0.3) is 5.57 Å². The Hall–Kier alpha value is -2.94. The summed E-state index contributed by atoms with van der Waals surface area (Å²) in [6, 6.07) is 6.93. The number of halogens is 4. The topological polar surface area (TPSA) is 75.6 Å². The van der Waals surface area contributed by atoms with E-state index in [9.17, 15) is 18.4 Å². The number of hydrogen-bond acceptors (Lipinski definition) is 3. The Morgan fingerprint density at radius 1 is 1.14 bits per heavy atom. The van der Waals surface area contributed by atoms with Crippen molar-refractivity contribution in [1.29, 1.82) is 0 Å². The van der Waals surface area contributed by atoms with Gasteiger partial charge in [-0.25, -0.2) is 22.4 Å². The lowest BCUT2D eigenvalue weighted by molar-refractivity contribution is -0.133. The number of alkyl halides is 2. The van der Waals surface area contributed by atoms with Crippen molar-refractivity contribution in [2.75, 3.05) is 7.11 Å². The molecule has 5 nitrogen and oxygen atoms in total. The molecule has 0 bridgehead atoms. The normalized spacial score (nSPS) is 24.9. The molecule has 0 spiro atoms. The summed E-state index contributed by atoms with van der Waals surface area (Å²) in [6.07, 6.45) is -2.36. The van der Waals surface area contributed by atoms with E-state index >= 15 is 8.78 Å². The Kier molecular flexibility index (Phi) is 5.61. The number of ether oxygens (including phenoxy) is 1. The van der Waals surface area contributed by atoms with Crippen molar-refractivity contribution in [1.82, 2.24) is 5.32 Å². The van der Waals surface area contributed by atoms with E-state index in [1.54, 1.807) is 6.07 Å². The maximum atomic E-state index is 15.4. The second-order valence-corrected chi connectivity index (χ2v) is 6.56. The molecule has 29 heavy (non-hydrogen) atoms. The number of carbonyl (C=O) groups excluding carboxylic acids is 1. The highest BCUT2D eigenvalue weighted by Crippen LogP contribution is 2.47. The second kappa shape index (κ2) is 7.82. The predicted octanol–water partition coefficient (Wildman–Crippen LogP) is 3.89. The van der Waals surface area contributed by atoms with Gasteiger partial charge in [0, 0.05) is 18.3 Å². The number of amides is 1. The van der Waals surface area contributed by atoms with Crippen molar-refractivity contribution >= 4 is 17.4 Å². The van der Waals surface area contributed by atoms with Crippen LogP contribution in [0.2, 0.25) is 0 Å². The van der Waals surface area contributed by atoms with Gasteiger partial charge in [-0.3, -0.25) is 4.79 Å². The van der Waals surface area contributed by atoms with E-state index in [-0.39, 0.29) is 29.6 Å². The molecule has 1 aromatic rings. The number of carbonyl (C=O) groups is 2. The van der Waals surface area contributed by atoms with Crippen molar-refractivity contribution in [2.24, 2.45) is 0 Å². The maximum absolute atomic E-state index is 15.4. The Morgan fingerprint density at radius 2 is 1.76 bits per heavy atom. The summed E-state index contributed by atoms with van der Waals surface area (Å²) in [4.78, 5) is 23.6. The van der Waals surface area contributed by atoms with Crippen LogP contribution in [-0.4, -0.2) is 36.1 Å². The number of aliphatic carboxylic acids is 1. The summed E-state index contributed by atoms with van der Waals surface area (Å²) in [7, 11) is 0.785. The molecule has 9 heteroatoms. The zero-order chi connectivity index (χ0) is 21.3. The van der Waals surface area contributed by atoms with Crippen LogP contribution in [0.3, 0.4) is 0 Å². The molecular formula is C20H17F4NO4. The molecule has 1 aromatic carbocycles. The van der Waals surface area contributed by atoms with Crippen LogP contribution in [0.1, 0.15) is 24.8 Å². The smallest absolute Gasteiger partial charge is 0.332 e. The third-order valence-corrected chi connectivity index (χ3v) is 4.93. The molecule has 0 saturated heterocycles. The molecule has 2 atom stereocenters. The molecule has 0 heterocycles. The van der Waals surface area contributed by atoms with Crippen LogP contribution in [0.4, 0.5) is 17.6 Å². The van der Waals surface area contributed by atoms with Crippen LogP contribution in [0.5, 0.6) is 0 Å². The molecule has 0 radical (unpaired) electrons. The number of methoxy groups -OCH3 is 1. The molecule has 2 unspecified atom stereocenters. The first-order valence-corrected chi connectivity index (χ1v) is 8.72. The minimum Gasteiger partial charge on any atom is -0.478 e. The third-order valence-electron chi connectivity index (χ3n) is 4.93. The van der Waals surface area contributed by atoms with Crippen LogP contribution in [0.15, 0.2) is 58.8 Å². The van der Waals surface area contributed by atoms with Crippen molar-refractivity contribution in [3.05, 3.63) is 64.4 Å². The van der Waals surface area contributed by atoms with E-state index in [1.165, 1.54) is 24.3 Å². The zero-order valence-corrected chi connectivity index (χ0v) is 15.3. The van der Waals surface area contributed by atoms with E-state index in [0.29, 0.717) is 6.42 Å². The first-order valence-electron chi connectivity index (χ1n) is 8.72. The zero-order valence-electron chi connectivity index (χ0n) is 15.3. The molecule has 0 saturated carbocycles. The van der Waals surface area contributed by atoms with Crippen LogP contribution >= 0.6 is 0 Å². The van der Waals surface area contributed by atoms with Gasteiger partial charge in [-0.05, 0) is 24.8 Å². The molecule has 2 aliphatic rings. The molecule has 0 aromatic heterocycles. The molecule has 3 rings (SSSR count). The fourth-order valence-corrected chi connectivity index (χ4v) is 3.48. The molecule has 0 fully saturated rings. The van der Waals surface area contributed by atoms with E-state index in [0.717, 1.165) is 7.11 Å². The number of rotatable bonds is 5. The van der Waals surface area contributed by atoms with Gasteiger partial charge >= 0.3 is 5.97 Å². The monoisotopic (exact) mass is 411 g/mol. The highest BCUT2D eigenvalue weighted by atomic mass is 19.2. The molecule has 154 valence electrons. The van der Waals surface area contributed by atoms with E-state index in [1.807, 2.05) is 5.32 Å². The van der Waals surface area contributed by atoms with Gasteiger partial charge in [-0.1, -0.05) is 30.3 Å². The van der Waals surface area contributed by atoms with E-state index < -0.39 is 46.8 Å². The average molecular weight is 411 g/mol. The summed E-state index contributed by atoms with van der Waals surface area (Å²) in [6.45, 7) is 0. The van der Waals surface area contributed by atoms with Gasteiger partial charge in [0.25, 0.3) is 11.8 Å². The van der Waals surface area contributed by atoms with Crippen molar-refractivity contribution < 1.29 is 37.0 Å². The quantitative estimate of drug-likeness (QED) is 0.721. The SMILES string of the molecule is COC1(F)C(c2ccccc2)=C(F)C(F)=C(NC(=O)C2=C(C(=O)O)CCC2)C1F. The van der Waals surface area contributed by atoms with Gasteiger partial charge in [0.2, 0.25) is 6.17 Å². The van der Waals surface area contributed by atoms with Gasteiger partial charge in [0.15, 0.2) is 11.7 Å². The largest absolute Gasteiger partial charge is 0.478 e. The minimum absolute atomic E-state index is 0.0674. The van der Waals surface area contributed by atoms with Crippen LogP contribution < -0.4 is 5.32 Å². The first kappa shape index (κ1) is 20.8. The fraction of sp³-hybridized carbons (Fsp3) is 0.300. The third kappa shape index (κ3) is 3.46. The number of benzene rings is 1. The lowest BCUT2D eigenvalue weighted by Crippen LogP contribution is -2.47. The summed E-state index contributed by atoms with van der Waals surface area (Å²) < 4.78 is 64.4. The number of carboxylic acid groups (broad SMARTS) is 1. The molecule has 2 N–H and O–H groups in total. The molecule has 1 amide bonds. The van der Waals surface area contributed by atoms with E-state index in [4.69, 9.17) is 5.11 Å². The number of hydrogen-bond donors (Lipinski definition) is 2. The summed E-state index contributed by atoms with van der Waals surface area (Å²) >= 11 is 0. The maximum Gasteiger partial charge on any atom is 0.332 e. The van der Waals surface area contributed by atoms with Crippen LogP contribution in [0, 0.1) is 0 Å². The Morgan fingerprint density at radius 3 is 2.34 bits per heavy atom. The lowest BCUT2D eigenvalue weighted by Gasteiger charge is -2.34. The number of allylic oxidation sites excluding steroid dienone is 2. The number of carboxylic acids is 1. The van der Waals surface area contributed by atoms with Gasteiger partial charge in [-0.2, -0.15) is 0 Å². The van der Waals surface area contributed by atoms with Gasteiger partial charge in [0.1, 0.15) is 0 Å². The van der Waals surface area contributed by atoms with Gasteiger partial charge in [0.05, 0.1) is 11.3 Å². The second-order valence-electron chi connectivity index (χ2n) is 6.56. The van der Waals surface area contributed by atoms with Crippen LogP contribution in [-0.2, 0) is 14.3 Å². The standard InChI is InChI=1S/C20H17F4NO4/c1-29-20(24)13(10-6-3-2-4-7-10)14(21)15(22)16(17(20)23)25-18(26)11-8-5-9-12(11)19(27)28/h2-4,6-7,17H,5,8-9H2,1H3,(H,25,26)(H,27,28). The number of nitrogens with one attached hydrogen (secondary N) is 1. The Balaban J connectivity index is 2.07. The fourth-order valence-electron chi connectivity index (χ4n) is 3.48. The molecular weight excluding hydrogens is 394 g/mol. The first-order chi connectivity index (χ1) is 13.7. The summed E-state index contributed by atoms with van der Waals surface area (Å²) in [5.41, 5.74) is -2.79. The molecule has 2 aliphatic carbocycles. The summed E-state index contributed by atoms with van der Waals surface area (Å²) in [5.74, 6) is -9.38. The van der Waals surface area contributed by atoms with E-state index in [2.05, 4.69) is 4.74 Å². The van der Waals surface area contributed by atoms with Crippen molar-refractivity contribution in [3.63, 3.8) is 0 Å². The average Bonchev–Trinajstić information content (AvgIpc) is 3.21. The predicted molar refractivity (Wildman–Crippen MR) is 95.0 cm³/mol. The van der Waals surface area contributed by atoms with Crippen molar-refractivity contribution in [2.45, 2.75) is 31.3 Å². The highest BCUT2D eigenvalue weighted by Gasteiger charge is 2.54. The Labute approximate surface area is 163 Å². The highest BCUT2D eigenvalue weighted by molar-refractivity contribution is 6.03. The lowest BCUT2D eigenvalue weighted by atomic mass is 9.88. The summed E-state index contributed by atoms with van der Waals surface area (Å²) in [5, 5.41) is 10.9. The minimum atomic E-state index is -3.41. The van der Waals surface area contributed by atoms with Crippen molar-refractivity contribution in [3.8, 4) is 0 Å².